The van der Waals surface area contributed by atoms with Gasteiger partial charge in [-0.1, -0.05) is 78.1 Å². The minimum atomic E-state index is -4.64. The van der Waals surface area contributed by atoms with E-state index in [0.717, 1.165) is 64.2 Å². The van der Waals surface area contributed by atoms with E-state index in [9.17, 15) is 24.2 Å². The molecule has 202 valence electrons. The van der Waals surface area contributed by atoms with E-state index in [-0.39, 0.29) is 26.0 Å². The third-order valence-corrected chi connectivity index (χ3v) is 6.08. The predicted octanol–water partition coefficient (Wildman–Crippen LogP) is 4.35. The summed E-state index contributed by atoms with van der Waals surface area (Å²) in [6.07, 6.45) is 8.73. The van der Waals surface area contributed by atoms with Crippen molar-refractivity contribution in [1.29, 1.82) is 0 Å². The van der Waals surface area contributed by atoms with E-state index >= 15 is 0 Å². The summed E-state index contributed by atoms with van der Waals surface area (Å²) < 4.78 is 31.5. The molecule has 0 saturated carbocycles. The molecule has 10 nitrogen and oxygen atoms in total. The minimum absolute atomic E-state index is 0.0310. The van der Waals surface area contributed by atoms with Crippen LogP contribution >= 0.6 is 7.82 Å². The zero-order valence-electron chi connectivity index (χ0n) is 21.0. The van der Waals surface area contributed by atoms with Crippen molar-refractivity contribution in [3.05, 3.63) is 0 Å². The summed E-state index contributed by atoms with van der Waals surface area (Å²) in [5.74, 6) is -1.13. The topological polar surface area (TPSA) is 155 Å². The predicted molar refractivity (Wildman–Crippen MR) is 129 cm³/mol. The van der Waals surface area contributed by atoms with Crippen LogP contribution in [0.5, 0.6) is 0 Å². The number of unbranched alkanes of at least 4 members (excludes halogenated alkanes) is 10. The molecule has 0 aliphatic carbocycles. The Morgan fingerprint density at radius 2 is 1.35 bits per heavy atom. The molecule has 3 atom stereocenters. The van der Waals surface area contributed by atoms with Gasteiger partial charge in [0.2, 0.25) is 6.29 Å². The van der Waals surface area contributed by atoms with Crippen molar-refractivity contribution < 1.29 is 42.7 Å². The summed E-state index contributed by atoms with van der Waals surface area (Å²) in [5, 5.41) is 10.2. The van der Waals surface area contributed by atoms with Gasteiger partial charge in [0.25, 0.3) is 0 Å². The van der Waals surface area contributed by atoms with E-state index in [1.807, 2.05) is 0 Å². The van der Waals surface area contributed by atoms with Crippen LogP contribution in [0.15, 0.2) is 0 Å². The zero-order valence-corrected chi connectivity index (χ0v) is 21.8. The van der Waals surface area contributed by atoms with Gasteiger partial charge in [0.1, 0.15) is 6.61 Å². The Bertz CT molecular complexity index is 577. The van der Waals surface area contributed by atoms with E-state index in [0.29, 0.717) is 12.8 Å². The van der Waals surface area contributed by atoms with E-state index in [4.69, 9.17) is 15.2 Å². The van der Waals surface area contributed by atoms with Gasteiger partial charge in [0.05, 0.1) is 6.61 Å². The Balaban J connectivity index is 4.66. The number of phosphoric ester groups is 1. The first-order valence-electron chi connectivity index (χ1n) is 12.6. The van der Waals surface area contributed by atoms with E-state index < -0.39 is 38.8 Å². The number of aliphatic hydroxyl groups is 1. The van der Waals surface area contributed by atoms with Gasteiger partial charge in [-0.2, -0.15) is 0 Å². The summed E-state index contributed by atoms with van der Waals surface area (Å²) in [6, 6.07) is 0. The molecule has 1 unspecified atom stereocenters. The molecule has 0 bridgehead atoms. The van der Waals surface area contributed by atoms with Crippen LogP contribution in [0, 0.1) is 0 Å². The Kier molecular flexibility index (Phi) is 20.6. The van der Waals surface area contributed by atoms with Crippen LogP contribution in [-0.4, -0.2) is 54.1 Å². The highest BCUT2D eigenvalue weighted by Gasteiger charge is 2.33. The van der Waals surface area contributed by atoms with E-state index in [1.54, 1.807) is 0 Å². The standard InChI is InChI=1S/C23H46NO9P/c1-3-5-7-9-11-13-15-21(25)30-19-20(23(27)33-34(28,29)31-18-17-24)32-22(26)16-14-12-10-8-6-4-2/h20,23,27H,3-19,24H2,1-2H3,(H,28,29)/t20-,23+/m1/s1. The van der Waals surface area contributed by atoms with Crippen LogP contribution in [0.2, 0.25) is 0 Å². The van der Waals surface area contributed by atoms with Gasteiger partial charge >= 0.3 is 19.8 Å². The zero-order chi connectivity index (χ0) is 25.7. The third-order valence-electron chi connectivity index (χ3n) is 5.09. The van der Waals surface area contributed by atoms with Crippen molar-refractivity contribution in [3.63, 3.8) is 0 Å². The molecule has 0 spiro atoms. The Hall–Kier alpha value is -1.03. The number of hydrogen-bond donors (Lipinski definition) is 3. The number of aliphatic hydroxyl groups excluding tert-OH is 1. The number of phosphoric acid groups is 1. The quantitative estimate of drug-likeness (QED) is 0.0780. The second kappa shape index (κ2) is 21.3. The number of hydrogen-bond acceptors (Lipinski definition) is 9. The minimum Gasteiger partial charge on any atom is -0.462 e. The van der Waals surface area contributed by atoms with Gasteiger partial charge in [-0.25, -0.2) is 4.57 Å². The van der Waals surface area contributed by atoms with Crippen LogP contribution < -0.4 is 5.73 Å². The number of nitrogens with two attached hydrogens (primary N) is 1. The first kappa shape index (κ1) is 33.0. The lowest BCUT2D eigenvalue weighted by molar-refractivity contribution is -0.185. The second-order valence-electron chi connectivity index (χ2n) is 8.33. The maximum absolute atomic E-state index is 12.2. The van der Waals surface area contributed by atoms with Crippen LogP contribution in [0.25, 0.3) is 0 Å². The molecule has 0 saturated heterocycles. The molecule has 34 heavy (non-hydrogen) atoms. The first-order valence-corrected chi connectivity index (χ1v) is 14.1. The molecule has 0 aromatic heterocycles. The van der Waals surface area contributed by atoms with Crippen LogP contribution in [-0.2, 0) is 32.7 Å². The number of carbonyl (C=O) groups excluding carboxylic acids is 2. The Morgan fingerprint density at radius 3 is 1.88 bits per heavy atom. The molecule has 0 radical (unpaired) electrons. The molecule has 4 N–H and O–H groups in total. The molecule has 0 aromatic carbocycles. The molecule has 0 amide bonds. The Morgan fingerprint density at radius 1 is 0.853 bits per heavy atom. The summed E-state index contributed by atoms with van der Waals surface area (Å²) in [7, 11) is -4.64. The maximum atomic E-state index is 12.2. The van der Waals surface area contributed by atoms with Crippen molar-refractivity contribution in [2.75, 3.05) is 19.8 Å². The molecule has 0 aliphatic rings. The number of ether oxygens (including phenoxy) is 2. The van der Waals surface area contributed by atoms with E-state index in [2.05, 4.69) is 22.9 Å². The lowest BCUT2D eigenvalue weighted by atomic mass is 10.1. The molecule has 0 fully saturated rings. The van der Waals surface area contributed by atoms with Gasteiger partial charge in [-0.05, 0) is 12.8 Å². The monoisotopic (exact) mass is 511 g/mol. The molecule has 0 heterocycles. The first-order chi connectivity index (χ1) is 16.3. The van der Waals surface area contributed by atoms with Crippen molar-refractivity contribution in [1.82, 2.24) is 0 Å². The van der Waals surface area contributed by atoms with Gasteiger partial charge < -0.3 is 25.2 Å². The fourth-order valence-electron chi connectivity index (χ4n) is 3.15. The van der Waals surface area contributed by atoms with Crippen molar-refractivity contribution in [2.24, 2.45) is 5.73 Å². The normalized spacial score (nSPS) is 14.9. The summed E-state index contributed by atoms with van der Waals surface area (Å²) in [5.41, 5.74) is 5.23. The van der Waals surface area contributed by atoms with Gasteiger partial charge in [-0.15, -0.1) is 0 Å². The highest BCUT2D eigenvalue weighted by molar-refractivity contribution is 7.47. The largest absolute Gasteiger partial charge is 0.474 e. The molecule has 0 aliphatic heterocycles. The van der Waals surface area contributed by atoms with Crippen LogP contribution in [0.1, 0.15) is 104 Å². The number of esters is 2. The smallest absolute Gasteiger partial charge is 0.462 e. The number of carbonyl (C=O) groups is 2. The van der Waals surface area contributed by atoms with Crippen molar-refractivity contribution in [2.45, 2.75) is 116 Å². The average molecular weight is 512 g/mol. The average Bonchev–Trinajstić information content (AvgIpc) is 2.79. The molecule has 0 rings (SSSR count). The molecular formula is C23H46NO9P. The highest BCUT2D eigenvalue weighted by Crippen LogP contribution is 2.44. The summed E-state index contributed by atoms with van der Waals surface area (Å²) in [6.45, 7) is 3.45. The summed E-state index contributed by atoms with van der Waals surface area (Å²) in [4.78, 5) is 33.9. The fourth-order valence-corrected chi connectivity index (χ4v) is 3.96. The third kappa shape index (κ3) is 19.3. The SMILES string of the molecule is CCCCCCCCC(=O)OC[C@@H](OC(=O)CCCCCCCC)[C@@H](O)OP(=O)(O)OCCN. The second-order valence-corrected chi connectivity index (χ2v) is 9.74. The number of rotatable bonds is 23. The lowest BCUT2D eigenvalue weighted by Crippen LogP contribution is -2.37. The van der Waals surface area contributed by atoms with Crippen LogP contribution in [0.3, 0.4) is 0 Å². The molecular weight excluding hydrogens is 465 g/mol. The van der Waals surface area contributed by atoms with Gasteiger partial charge in [-0.3, -0.25) is 18.6 Å². The van der Waals surface area contributed by atoms with Crippen LogP contribution in [0.4, 0.5) is 0 Å². The lowest BCUT2D eigenvalue weighted by Gasteiger charge is -2.24. The maximum Gasteiger partial charge on any atom is 0.474 e. The fraction of sp³-hybridized carbons (Fsp3) is 0.913. The summed E-state index contributed by atoms with van der Waals surface area (Å²) >= 11 is 0. The highest BCUT2D eigenvalue weighted by atomic mass is 31.2. The molecule has 11 heteroatoms. The molecule has 0 aromatic rings. The van der Waals surface area contributed by atoms with Gasteiger partial charge in [0.15, 0.2) is 6.10 Å². The van der Waals surface area contributed by atoms with Gasteiger partial charge in [0, 0.05) is 19.4 Å². The van der Waals surface area contributed by atoms with Crippen molar-refractivity contribution >= 4 is 19.8 Å². The van der Waals surface area contributed by atoms with E-state index in [1.165, 1.54) is 0 Å². The van der Waals surface area contributed by atoms with Crippen molar-refractivity contribution in [3.8, 4) is 0 Å². The Labute approximate surface area is 204 Å².